The van der Waals surface area contributed by atoms with Gasteiger partial charge in [-0.15, -0.1) is 0 Å². The topological polar surface area (TPSA) is 71.8 Å². The summed E-state index contributed by atoms with van der Waals surface area (Å²) in [5.41, 5.74) is 27.7. The minimum atomic E-state index is 0.792. The highest BCUT2D eigenvalue weighted by molar-refractivity contribution is 6.23. The summed E-state index contributed by atoms with van der Waals surface area (Å²) in [6, 6.07) is 135. The zero-order valence-corrected chi connectivity index (χ0v) is 60.3. The summed E-state index contributed by atoms with van der Waals surface area (Å²) in [4.78, 5) is 10.3. The van der Waals surface area contributed by atoms with Crippen molar-refractivity contribution in [1.29, 1.82) is 0 Å². The third-order valence-electron chi connectivity index (χ3n) is 23.4. The number of nitrogens with zero attached hydrogens (tertiary/aromatic N) is 6. The van der Waals surface area contributed by atoms with Crippen molar-refractivity contribution in [1.82, 2.24) is 28.2 Å². The van der Waals surface area contributed by atoms with E-state index in [0.29, 0.717) is 0 Å². The van der Waals surface area contributed by atoms with E-state index in [9.17, 15) is 0 Å². The molecule has 0 saturated carbocycles. The Morgan fingerprint density at radius 1 is 0.196 bits per heavy atom. The van der Waals surface area contributed by atoms with Crippen LogP contribution in [0.2, 0.25) is 0 Å². The van der Waals surface area contributed by atoms with Gasteiger partial charge in [0.25, 0.3) is 0 Å². The molecule has 0 amide bonds. The second-order valence-corrected chi connectivity index (χ2v) is 29.4. The first-order valence-electron chi connectivity index (χ1n) is 38.2. The lowest BCUT2D eigenvalue weighted by Crippen LogP contribution is -1.97. The van der Waals surface area contributed by atoms with E-state index in [1.165, 1.54) is 120 Å². The molecule has 112 heavy (non-hydrogen) atoms. The van der Waals surface area contributed by atoms with Crippen molar-refractivity contribution in [2.24, 2.45) is 0 Å². The van der Waals surface area contributed by atoms with Crippen molar-refractivity contribution in [2.75, 3.05) is 0 Å². The van der Waals surface area contributed by atoms with Crippen LogP contribution < -0.4 is 0 Å². The van der Waals surface area contributed by atoms with Crippen molar-refractivity contribution < 1.29 is 8.83 Å². The van der Waals surface area contributed by atoms with Gasteiger partial charge < -0.3 is 27.1 Å². The first-order valence-corrected chi connectivity index (χ1v) is 38.2. The lowest BCUT2D eigenvalue weighted by molar-refractivity contribution is 0.666. The van der Waals surface area contributed by atoms with Gasteiger partial charge in [0.15, 0.2) is 11.2 Å². The lowest BCUT2D eigenvalue weighted by atomic mass is 10.00. The van der Waals surface area contributed by atoms with Crippen LogP contribution in [0.25, 0.3) is 231 Å². The van der Waals surface area contributed by atoms with E-state index in [4.69, 9.17) is 18.8 Å². The SMILES string of the molecule is c1ccc(-c2ccc(-n3c4ccc(-c5ccc6c(c5)c5ccccc5n6-c5c6ccccc6nc6c5oc5ccccc56)cc4c4ccc5ccccc5c43)cc2)cc1.c1ccc(-n2c3ccc(-c4ccc5c(c4)c4ccccc4n5-c4c5ccccc5nc5c4oc4ccccc45)cc3c3ccc4ccccc4c32)cc1. The number of fused-ring (bicyclic) bond motifs is 24. The summed E-state index contributed by atoms with van der Waals surface area (Å²) < 4.78 is 23.0. The van der Waals surface area contributed by atoms with Crippen LogP contribution in [0.3, 0.4) is 0 Å². The maximum Gasteiger partial charge on any atom is 0.178 e. The maximum absolute atomic E-state index is 6.68. The monoisotopic (exact) mass is 1430 g/mol. The van der Waals surface area contributed by atoms with E-state index >= 15 is 0 Å². The zero-order chi connectivity index (χ0) is 73.2. The van der Waals surface area contributed by atoms with Crippen LogP contribution in [0, 0.1) is 0 Å². The van der Waals surface area contributed by atoms with E-state index < -0.39 is 0 Å². The highest BCUT2D eigenvalue weighted by Crippen LogP contribution is 2.47. The van der Waals surface area contributed by atoms with Crippen LogP contribution in [-0.2, 0) is 0 Å². The smallest absolute Gasteiger partial charge is 0.178 e. The molecule has 8 aromatic heterocycles. The summed E-state index contributed by atoms with van der Waals surface area (Å²) in [6.07, 6.45) is 0. The Labute approximate surface area is 640 Å². The fourth-order valence-corrected chi connectivity index (χ4v) is 18.3. The van der Waals surface area contributed by atoms with Crippen LogP contribution in [0.1, 0.15) is 0 Å². The molecule has 8 heteroatoms. The molecule has 0 aliphatic heterocycles. The van der Waals surface area contributed by atoms with Gasteiger partial charge in [-0.3, -0.25) is 0 Å². The fourth-order valence-electron chi connectivity index (χ4n) is 18.3. The minimum Gasteiger partial charge on any atom is -0.452 e. The average Bonchev–Trinajstić information content (AvgIpc) is 1.57. The van der Waals surface area contributed by atoms with Crippen LogP contribution in [0.15, 0.2) is 385 Å². The lowest BCUT2D eigenvalue weighted by Gasteiger charge is -2.12. The molecule has 17 aromatic carbocycles. The summed E-state index contributed by atoms with van der Waals surface area (Å²) in [7, 11) is 0. The second-order valence-electron chi connectivity index (χ2n) is 29.4. The van der Waals surface area contributed by atoms with Gasteiger partial charge in [0, 0.05) is 86.8 Å². The van der Waals surface area contributed by atoms with Gasteiger partial charge in [-0.05, 0) is 165 Å². The van der Waals surface area contributed by atoms with Crippen LogP contribution >= 0.6 is 0 Å². The van der Waals surface area contributed by atoms with E-state index in [1.54, 1.807) is 0 Å². The molecule has 0 bridgehead atoms. The number of benzene rings is 17. The van der Waals surface area contributed by atoms with Crippen molar-refractivity contribution in [3.63, 3.8) is 0 Å². The summed E-state index contributed by atoms with van der Waals surface area (Å²) in [5.74, 6) is 0. The van der Waals surface area contributed by atoms with Gasteiger partial charge in [-0.1, -0.05) is 255 Å². The number of rotatable bonds is 7. The number of pyridine rings is 2. The van der Waals surface area contributed by atoms with Crippen molar-refractivity contribution >= 4 is 175 Å². The molecule has 0 unspecified atom stereocenters. The standard InChI is InChI=1S/C55H33N3O.C49H29N3O/c1-2-12-34(13-3-1)35-22-27-39(28-23-35)57-49-30-25-38(33-46(49)42-29-24-36-14-4-5-15-40(36)53(42)57)37-26-31-50-45(32-37)41-16-7-10-20-48(41)58(50)54-43-17-6-9-19-47(43)56-52-44-18-8-11-21-51(44)59-55(52)54;1-2-13-33(14-3-1)51-43-26-23-32(29-40(43)36-25-22-30-12-4-5-15-34(30)47(36)51)31-24-27-44-39(28-31)35-16-7-10-20-42(35)52(44)48-37-17-6-9-19-41(37)50-46-38-18-8-11-21-45(38)53-49(46)48/h1-33H;1-29H. The number of para-hydroxylation sites is 7. The number of aromatic nitrogens is 6. The molecule has 0 aliphatic rings. The molecule has 25 aromatic rings. The molecular formula is C104H62N6O2. The van der Waals surface area contributed by atoms with Gasteiger partial charge in [0.1, 0.15) is 33.6 Å². The average molecular weight is 1430 g/mol. The predicted molar refractivity (Wildman–Crippen MR) is 467 cm³/mol. The van der Waals surface area contributed by atoms with Crippen LogP contribution in [-0.4, -0.2) is 28.2 Å². The predicted octanol–water partition coefficient (Wildman–Crippen LogP) is 28.0. The second kappa shape index (κ2) is 24.2. The Balaban J connectivity index is 0.000000131. The van der Waals surface area contributed by atoms with E-state index in [1.807, 2.05) is 24.3 Å². The molecule has 8 heterocycles. The number of hydrogen-bond acceptors (Lipinski definition) is 4. The third kappa shape index (κ3) is 9.24. The van der Waals surface area contributed by atoms with Crippen LogP contribution in [0.4, 0.5) is 0 Å². The van der Waals surface area contributed by atoms with Crippen molar-refractivity contribution in [3.8, 4) is 56.1 Å². The largest absolute Gasteiger partial charge is 0.452 e. The molecule has 0 saturated heterocycles. The first kappa shape index (κ1) is 62.0. The molecule has 0 N–H and O–H groups in total. The van der Waals surface area contributed by atoms with Crippen molar-refractivity contribution in [3.05, 3.63) is 376 Å². The number of hydrogen-bond donors (Lipinski definition) is 0. The normalized spacial score (nSPS) is 12.1. The van der Waals surface area contributed by atoms with Gasteiger partial charge in [0.2, 0.25) is 0 Å². The molecule has 0 atom stereocenters. The molecule has 0 fully saturated rings. The molecule has 520 valence electrons. The Morgan fingerprint density at radius 3 is 0.973 bits per heavy atom. The minimum absolute atomic E-state index is 0.792. The summed E-state index contributed by atoms with van der Waals surface area (Å²) in [6.45, 7) is 0. The third-order valence-corrected chi connectivity index (χ3v) is 23.4. The highest BCUT2D eigenvalue weighted by atomic mass is 16.3. The quantitative estimate of drug-likeness (QED) is 0.159. The Morgan fingerprint density at radius 2 is 0.518 bits per heavy atom. The van der Waals surface area contributed by atoms with Crippen LogP contribution in [0.5, 0.6) is 0 Å². The van der Waals surface area contributed by atoms with Gasteiger partial charge in [-0.25, -0.2) is 9.97 Å². The molecule has 8 nitrogen and oxygen atoms in total. The summed E-state index contributed by atoms with van der Waals surface area (Å²) >= 11 is 0. The highest BCUT2D eigenvalue weighted by Gasteiger charge is 2.26. The molecule has 0 aliphatic carbocycles. The molecule has 0 radical (unpaired) electrons. The first-order chi connectivity index (χ1) is 55.6. The van der Waals surface area contributed by atoms with E-state index in [2.05, 4.69) is 370 Å². The Kier molecular flexibility index (Phi) is 13.4. The molecule has 0 spiro atoms. The Bertz CT molecular complexity index is 8260. The van der Waals surface area contributed by atoms with Gasteiger partial charge in [-0.2, -0.15) is 0 Å². The maximum atomic E-state index is 6.68. The molecule has 25 rings (SSSR count). The van der Waals surface area contributed by atoms with Crippen molar-refractivity contribution in [2.45, 2.75) is 0 Å². The fraction of sp³-hybridized carbons (Fsp3) is 0. The number of furan rings is 2. The Hall–Kier alpha value is -15.1. The van der Waals surface area contributed by atoms with E-state index in [0.717, 1.165) is 111 Å². The van der Waals surface area contributed by atoms with E-state index in [-0.39, 0.29) is 0 Å². The summed E-state index contributed by atoms with van der Waals surface area (Å²) in [5, 5.41) is 18.9. The van der Waals surface area contributed by atoms with Gasteiger partial charge >= 0.3 is 0 Å². The zero-order valence-electron chi connectivity index (χ0n) is 60.3. The van der Waals surface area contributed by atoms with Gasteiger partial charge in [0.05, 0.1) is 55.2 Å². The molecular weight excluding hydrogens is 1370 g/mol.